The Balaban J connectivity index is 2.30. The first-order chi connectivity index (χ1) is 8.99. The lowest BCUT2D eigenvalue weighted by atomic mass is 9.95. The van der Waals surface area contributed by atoms with Crippen molar-refractivity contribution in [2.45, 2.75) is 25.4 Å². The quantitative estimate of drug-likeness (QED) is 0.898. The minimum absolute atomic E-state index is 0.100. The highest BCUT2D eigenvalue weighted by Crippen LogP contribution is 2.33. The summed E-state index contributed by atoms with van der Waals surface area (Å²) in [5.74, 6) is 0.929. The van der Waals surface area contributed by atoms with E-state index in [4.69, 9.17) is 10.5 Å². The Kier molecular flexibility index (Phi) is 4.02. The number of para-hydroxylation sites is 2. The van der Waals surface area contributed by atoms with Gasteiger partial charge < -0.3 is 15.4 Å². The molecule has 1 aromatic rings. The Labute approximate surface area is 116 Å². The molecule has 1 saturated heterocycles. The Bertz CT molecular complexity index is 433. The van der Waals surface area contributed by atoms with E-state index < -0.39 is 0 Å². The summed E-state index contributed by atoms with van der Waals surface area (Å²) in [5, 5.41) is 0. The minimum Gasteiger partial charge on any atom is -0.495 e. The van der Waals surface area contributed by atoms with Crippen molar-refractivity contribution >= 4 is 5.69 Å². The average Bonchev–Trinajstić information content (AvgIpc) is 2.41. The van der Waals surface area contributed by atoms with Crippen LogP contribution in [0, 0.1) is 0 Å². The molecule has 1 atom stereocenters. The summed E-state index contributed by atoms with van der Waals surface area (Å²) in [6.45, 7) is 7.11. The first kappa shape index (κ1) is 14.2. The molecule has 2 rings (SSSR count). The van der Waals surface area contributed by atoms with Gasteiger partial charge in [-0.15, -0.1) is 0 Å². The van der Waals surface area contributed by atoms with Crippen LogP contribution in [-0.2, 0) is 0 Å². The molecule has 2 N–H and O–H groups in total. The number of hydrogen-bond acceptors (Lipinski definition) is 4. The SMILES string of the molecule is COc1ccccc1N1CC(CN)N(C)C(C)(C)C1. The predicted octanol–water partition coefficient (Wildman–Crippen LogP) is 1.55. The van der Waals surface area contributed by atoms with Gasteiger partial charge in [0.1, 0.15) is 5.75 Å². The van der Waals surface area contributed by atoms with Gasteiger partial charge in [0.05, 0.1) is 12.8 Å². The van der Waals surface area contributed by atoms with Crippen molar-refractivity contribution in [3.05, 3.63) is 24.3 Å². The van der Waals surface area contributed by atoms with Crippen LogP contribution in [0.4, 0.5) is 5.69 Å². The molecule has 1 fully saturated rings. The summed E-state index contributed by atoms with van der Waals surface area (Å²) in [4.78, 5) is 4.77. The van der Waals surface area contributed by atoms with Gasteiger partial charge in [-0.3, -0.25) is 4.90 Å². The first-order valence-electron chi connectivity index (χ1n) is 6.80. The molecule has 0 aliphatic carbocycles. The second-order valence-electron chi connectivity index (χ2n) is 5.87. The number of nitrogens with zero attached hydrogens (tertiary/aromatic N) is 2. The molecule has 106 valence electrons. The van der Waals surface area contributed by atoms with Crippen LogP contribution in [0.5, 0.6) is 5.75 Å². The van der Waals surface area contributed by atoms with Crippen LogP contribution in [0.1, 0.15) is 13.8 Å². The van der Waals surface area contributed by atoms with E-state index in [1.54, 1.807) is 7.11 Å². The third-order valence-corrected chi connectivity index (χ3v) is 4.21. The van der Waals surface area contributed by atoms with Crippen molar-refractivity contribution in [3.63, 3.8) is 0 Å². The molecule has 0 amide bonds. The number of anilines is 1. The van der Waals surface area contributed by atoms with Crippen LogP contribution in [0.3, 0.4) is 0 Å². The monoisotopic (exact) mass is 263 g/mol. The molecule has 0 radical (unpaired) electrons. The van der Waals surface area contributed by atoms with Crippen molar-refractivity contribution in [2.24, 2.45) is 5.73 Å². The van der Waals surface area contributed by atoms with Crippen LogP contribution in [0.15, 0.2) is 24.3 Å². The van der Waals surface area contributed by atoms with E-state index in [2.05, 4.69) is 42.8 Å². The first-order valence-corrected chi connectivity index (χ1v) is 6.80. The van der Waals surface area contributed by atoms with E-state index in [0.29, 0.717) is 12.6 Å². The average molecular weight is 263 g/mol. The maximum absolute atomic E-state index is 5.93. The maximum Gasteiger partial charge on any atom is 0.142 e. The maximum atomic E-state index is 5.93. The second kappa shape index (κ2) is 5.39. The third kappa shape index (κ3) is 2.69. The van der Waals surface area contributed by atoms with Crippen LogP contribution in [0.25, 0.3) is 0 Å². The minimum atomic E-state index is 0.100. The van der Waals surface area contributed by atoms with Crippen molar-refractivity contribution in [2.75, 3.05) is 38.7 Å². The molecule has 1 aromatic carbocycles. The Morgan fingerprint density at radius 3 is 2.68 bits per heavy atom. The third-order valence-electron chi connectivity index (χ3n) is 4.21. The fourth-order valence-electron chi connectivity index (χ4n) is 2.82. The van der Waals surface area contributed by atoms with E-state index in [-0.39, 0.29) is 5.54 Å². The molecule has 1 heterocycles. The summed E-state index contributed by atoms with van der Waals surface area (Å²) < 4.78 is 5.48. The summed E-state index contributed by atoms with van der Waals surface area (Å²) in [7, 11) is 3.89. The number of rotatable bonds is 3. The van der Waals surface area contributed by atoms with E-state index >= 15 is 0 Å². The van der Waals surface area contributed by atoms with Gasteiger partial charge in [0.25, 0.3) is 0 Å². The molecule has 0 bridgehead atoms. The molecule has 1 aliphatic heterocycles. The molecule has 1 unspecified atom stereocenters. The van der Waals surface area contributed by atoms with Gasteiger partial charge in [-0.05, 0) is 33.0 Å². The smallest absolute Gasteiger partial charge is 0.142 e. The number of benzene rings is 1. The zero-order chi connectivity index (χ0) is 14.0. The highest BCUT2D eigenvalue weighted by atomic mass is 16.5. The molecule has 19 heavy (non-hydrogen) atoms. The van der Waals surface area contributed by atoms with Crippen LogP contribution >= 0.6 is 0 Å². The number of methoxy groups -OCH3 is 1. The van der Waals surface area contributed by atoms with E-state index in [1.165, 1.54) is 0 Å². The number of nitrogens with two attached hydrogens (primary N) is 1. The van der Waals surface area contributed by atoms with Gasteiger partial charge >= 0.3 is 0 Å². The topological polar surface area (TPSA) is 41.7 Å². The molecule has 0 saturated carbocycles. The van der Waals surface area contributed by atoms with Gasteiger partial charge in [-0.1, -0.05) is 12.1 Å². The van der Waals surface area contributed by atoms with E-state index in [1.807, 2.05) is 12.1 Å². The molecule has 0 aromatic heterocycles. The molecule has 4 heteroatoms. The Morgan fingerprint density at radius 2 is 2.05 bits per heavy atom. The van der Waals surface area contributed by atoms with Crippen molar-refractivity contribution in [1.82, 2.24) is 4.90 Å². The zero-order valence-electron chi connectivity index (χ0n) is 12.4. The van der Waals surface area contributed by atoms with Crippen molar-refractivity contribution < 1.29 is 4.74 Å². The van der Waals surface area contributed by atoms with Gasteiger partial charge in [0.15, 0.2) is 0 Å². The van der Waals surface area contributed by atoms with Gasteiger partial charge in [-0.25, -0.2) is 0 Å². The van der Waals surface area contributed by atoms with Gasteiger partial charge in [0.2, 0.25) is 0 Å². The Morgan fingerprint density at radius 1 is 1.37 bits per heavy atom. The molecule has 4 nitrogen and oxygen atoms in total. The fraction of sp³-hybridized carbons (Fsp3) is 0.600. The van der Waals surface area contributed by atoms with Crippen LogP contribution in [-0.4, -0.2) is 50.3 Å². The number of ether oxygens (including phenoxy) is 1. The lowest BCUT2D eigenvalue weighted by Gasteiger charge is -2.50. The van der Waals surface area contributed by atoms with E-state index in [0.717, 1.165) is 24.5 Å². The molecule has 0 spiro atoms. The summed E-state index contributed by atoms with van der Waals surface area (Å²) >= 11 is 0. The van der Waals surface area contributed by atoms with Crippen LogP contribution in [0.2, 0.25) is 0 Å². The zero-order valence-corrected chi connectivity index (χ0v) is 12.4. The number of piperazine rings is 1. The lowest BCUT2D eigenvalue weighted by Crippen LogP contribution is -2.64. The summed E-state index contributed by atoms with van der Waals surface area (Å²) in [5.41, 5.74) is 7.18. The van der Waals surface area contributed by atoms with Crippen LogP contribution < -0.4 is 15.4 Å². The van der Waals surface area contributed by atoms with Gasteiger partial charge in [0, 0.05) is 31.2 Å². The van der Waals surface area contributed by atoms with Crippen molar-refractivity contribution in [1.29, 1.82) is 0 Å². The Hall–Kier alpha value is -1.26. The highest BCUT2D eigenvalue weighted by Gasteiger charge is 2.37. The molecular formula is C15H25N3O. The summed E-state index contributed by atoms with van der Waals surface area (Å²) in [6, 6.07) is 8.56. The molecule has 1 aliphatic rings. The molecular weight excluding hydrogens is 238 g/mol. The van der Waals surface area contributed by atoms with Gasteiger partial charge in [-0.2, -0.15) is 0 Å². The predicted molar refractivity (Wildman–Crippen MR) is 79.9 cm³/mol. The normalized spacial score (nSPS) is 23.4. The largest absolute Gasteiger partial charge is 0.495 e. The standard InChI is InChI=1S/C15H25N3O/c1-15(2)11-18(10-12(9-16)17(15)3)13-7-5-6-8-14(13)19-4/h5-8,12H,9-11,16H2,1-4H3. The fourth-order valence-corrected chi connectivity index (χ4v) is 2.82. The number of likely N-dealkylation sites (N-methyl/N-ethyl adjacent to an activating group) is 1. The number of hydrogen-bond donors (Lipinski definition) is 1. The second-order valence-corrected chi connectivity index (χ2v) is 5.87. The highest BCUT2D eigenvalue weighted by molar-refractivity contribution is 5.59. The lowest BCUT2D eigenvalue weighted by molar-refractivity contribution is 0.0843. The van der Waals surface area contributed by atoms with E-state index in [9.17, 15) is 0 Å². The summed E-state index contributed by atoms with van der Waals surface area (Å²) in [6.07, 6.45) is 0. The van der Waals surface area contributed by atoms with Crippen molar-refractivity contribution in [3.8, 4) is 5.75 Å².